The monoisotopic (exact) mass is 258 g/mol. The minimum Gasteiger partial charge on any atom is -0.276 e. The highest BCUT2D eigenvalue weighted by Crippen LogP contribution is 2.36. The Labute approximate surface area is 99.8 Å². The van der Waals surface area contributed by atoms with Crippen LogP contribution in [0.5, 0.6) is 0 Å². The Morgan fingerprint density at radius 2 is 1.71 bits per heavy atom. The molecule has 1 nitrogen and oxygen atoms in total. The molecule has 0 radical (unpaired) electrons. The lowest BCUT2D eigenvalue weighted by molar-refractivity contribution is -0.137. The number of fused-ring (bicyclic) bond motifs is 1. The Hall–Kier alpha value is -1.55. The van der Waals surface area contributed by atoms with Crippen molar-refractivity contribution in [3.63, 3.8) is 0 Å². The molecule has 0 spiro atoms. The Morgan fingerprint density at radius 1 is 1.06 bits per heavy atom. The number of alkyl halides is 3. The van der Waals surface area contributed by atoms with Gasteiger partial charge in [-0.05, 0) is 28.4 Å². The average molecular weight is 259 g/mol. The van der Waals surface area contributed by atoms with Gasteiger partial charge in [0.15, 0.2) is 0 Å². The van der Waals surface area contributed by atoms with Crippen molar-refractivity contribution in [3.05, 3.63) is 47.5 Å². The third-order valence-corrected chi connectivity index (χ3v) is 2.62. The van der Waals surface area contributed by atoms with Gasteiger partial charge in [-0.3, -0.25) is 4.79 Å². The molecule has 0 bridgehead atoms. The number of halogens is 4. The van der Waals surface area contributed by atoms with E-state index in [-0.39, 0.29) is 5.39 Å². The number of hydrogen-bond donors (Lipinski definition) is 0. The van der Waals surface area contributed by atoms with E-state index in [0.717, 1.165) is 6.07 Å². The van der Waals surface area contributed by atoms with E-state index < -0.39 is 22.5 Å². The summed E-state index contributed by atoms with van der Waals surface area (Å²) in [5, 5.41) is -0.346. The van der Waals surface area contributed by atoms with Gasteiger partial charge < -0.3 is 0 Å². The lowest BCUT2D eigenvalue weighted by Crippen LogP contribution is -2.11. The molecular formula is C12H6ClF3O. The third kappa shape index (κ3) is 2.13. The van der Waals surface area contributed by atoms with Gasteiger partial charge in [0.05, 0.1) is 11.1 Å². The smallest absolute Gasteiger partial charge is 0.276 e. The highest BCUT2D eigenvalue weighted by molar-refractivity contribution is 6.68. The van der Waals surface area contributed by atoms with Crippen molar-refractivity contribution in [2.45, 2.75) is 6.18 Å². The maximum Gasteiger partial charge on any atom is 0.417 e. The quantitative estimate of drug-likeness (QED) is 0.699. The van der Waals surface area contributed by atoms with Crippen molar-refractivity contribution in [2.24, 2.45) is 0 Å². The first-order valence-electron chi connectivity index (χ1n) is 4.70. The molecule has 0 saturated heterocycles. The molecule has 0 aliphatic rings. The second-order valence-corrected chi connectivity index (χ2v) is 3.82. The highest BCUT2D eigenvalue weighted by Gasteiger charge is 2.35. The van der Waals surface area contributed by atoms with Crippen molar-refractivity contribution in [2.75, 3.05) is 0 Å². The molecule has 17 heavy (non-hydrogen) atoms. The number of hydrogen-bond acceptors (Lipinski definition) is 1. The molecular weight excluding hydrogens is 253 g/mol. The minimum absolute atomic E-state index is 0.210. The largest absolute Gasteiger partial charge is 0.417 e. The Balaban J connectivity index is 2.87. The van der Waals surface area contributed by atoms with Crippen LogP contribution in [0.1, 0.15) is 15.9 Å². The number of carbonyl (C=O) groups is 1. The summed E-state index contributed by atoms with van der Waals surface area (Å²) in [6.45, 7) is 0. The molecule has 2 aromatic carbocycles. The molecule has 0 saturated carbocycles. The van der Waals surface area contributed by atoms with E-state index in [1.54, 1.807) is 18.2 Å². The third-order valence-electron chi connectivity index (χ3n) is 2.43. The average Bonchev–Trinajstić information content (AvgIpc) is 2.26. The van der Waals surface area contributed by atoms with E-state index in [9.17, 15) is 18.0 Å². The fraction of sp³-hybridized carbons (Fsp3) is 0.0833. The standard InChI is InChI=1S/C12H6ClF3O/c13-11(17)10-8-4-2-1-3-7(8)5-6-9(10)12(14,15)16/h1-6H. The minimum atomic E-state index is -4.59. The predicted octanol–water partition coefficient (Wildman–Crippen LogP) is 4.24. The van der Waals surface area contributed by atoms with Gasteiger partial charge in [-0.1, -0.05) is 30.3 Å². The molecule has 0 heterocycles. The van der Waals surface area contributed by atoms with Crippen LogP contribution in [0.3, 0.4) is 0 Å². The summed E-state index contributed by atoms with van der Waals surface area (Å²) in [4.78, 5) is 11.2. The van der Waals surface area contributed by atoms with Crippen molar-refractivity contribution >= 4 is 27.6 Å². The zero-order valence-electron chi connectivity index (χ0n) is 8.38. The van der Waals surface area contributed by atoms with Crippen molar-refractivity contribution in [3.8, 4) is 0 Å². The van der Waals surface area contributed by atoms with E-state index in [4.69, 9.17) is 11.6 Å². The van der Waals surface area contributed by atoms with Gasteiger partial charge in [-0.15, -0.1) is 0 Å². The van der Waals surface area contributed by atoms with E-state index in [2.05, 4.69) is 0 Å². The fourth-order valence-electron chi connectivity index (χ4n) is 1.72. The summed E-state index contributed by atoms with van der Waals surface area (Å²) in [6.07, 6.45) is -4.59. The first kappa shape index (κ1) is 11.9. The summed E-state index contributed by atoms with van der Waals surface area (Å²) in [5.41, 5.74) is -1.49. The molecule has 88 valence electrons. The van der Waals surface area contributed by atoms with Crippen LogP contribution < -0.4 is 0 Å². The second-order valence-electron chi connectivity index (χ2n) is 3.48. The lowest BCUT2D eigenvalue weighted by atomic mass is 9.99. The molecule has 0 unspecified atom stereocenters. The normalized spacial score (nSPS) is 11.8. The molecule has 0 amide bonds. The topological polar surface area (TPSA) is 17.1 Å². The van der Waals surface area contributed by atoms with Gasteiger partial charge in [-0.25, -0.2) is 0 Å². The van der Waals surface area contributed by atoms with E-state index >= 15 is 0 Å². The lowest BCUT2D eigenvalue weighted by Gasteiger charge is -2.12. The van der Waals surface area contributed by atoms with Crippen LogP contribution in [0.25, 0.3) is 10.8 Å². The first-order valence-corrected chi connectivity index (χ1v) is 5.08. The summed E-state index contributed by atoms with van der Waals surface area (Å²) in [6, 6.07) is 8.50. The van der Waals surface area contributed by atoms with Crippen molar-refractivity contribution < 1.29 is 18.0 Å². The van der Waals surface area contributed by atoms with E-state index in [1.807, 2.05) is 0 Å². The van der Waals surface area contributed by atoms with Gasteiger partial charge in [-0.2, -0.15) is 13.2 Å². The van der Waals surface area contributed by atoms with Gasteiger partial charge >= 0.3 is 6.18 Å². The van der Waals surface area contributed by atoms with E-state index in [0.29, 0.717) is 5.39 Å². The SMILES string of the molecule is O=C(Cl)c1c(C(F)(F)F)ccc2ccccc12. The number of rotatable bonds is 1. The van der Waals surface area contributed by atoms with Crippen molar-refractivity contribution in [1.82, 2.24) is 0 Å². The summed E-state index contributed by atoms with van der Waals surface area (Å²) in [5.74, 6) is 0. The van der Waals surface area contributed by atoms with Gasteiger partial charge in [0.1, 0.15) is 0 Å². The van der Waals surface area contributed by atoms with Crippen LogP contribution in [0.15, 0.2) is 36.4 Å². The Morgan fingerprint density at radius 3 is 2.29 bits per heavy atom. The molecule has 0 N–H and O–H groups in total. The van der Waals surface area contributed by atoms with Crippen molar-refractivity contribution in [1.29, 1.82) is 0 Å². The van der Waals surface area contributed by atoms with Crippen LogP contribution in [0.2, 0.25) is 0 Å². The van der Waals surface area contributed by atoms with Gasteiger partial charge in [0.2, 0.25) is 0 Å². The Bertz CT molecular complexity index is 590. The summed E-state index contributed by atoms with van der Waals surface area (Å²) in [7, 11) is 0. The number of carbonyl (C=O) groups excluding carboxylic acids is 1. The van der Waals surface area contributed by atoms with Crippen LogP contribution in [0.4, 0.5) is 13.2 Å². The molecule has 2 aromatic rings. The molecule has 5 heteroatoms. The zero-order chi connectivity index (χ0) is 12.6. The van der Waals surface area contributed by atoms with Crippen LogP contribution in [-0.2, 0) is 6.18 Å². The number of benzene rings is 2. The maximum absolute atomic E-state index is 12.7. The molecule has 0 atom stereocenters. The molecule has 0 aliphatic heterocycles. The van der Waals surface area contributed by atoms with Crippen LogP contribution in [0, 0.1) is 0 Å². The van der Waals surface area contributed by atoms with Crippen LogP contribution in [-0.4, -0.2) is 5.24 Å². The summed E-state index contributed by atoms with van der Waals surface area (Å²) < 4.78 is 38.2. The van der Waals surface area contributed by atoms with Gasteiger partial charge in [0, 0.05) is 0 Å². The predicted molar refractivity (Wildman–Crippen MR) is 59.1 cm³/mol. The maximum atomic E-state index is 12.7. The van der Waals surface area contributed by atoms with E-state index in [1.165, 1.54) is 12.1 Å². The highest BCUT2D eigenvalue weighted by atomic mass is 35.5. The summed E-state index contributed by atoms with van der Waals surface area (Å²) >= 11 is 5.25. The zero-order valence-corrected chi connectivity index (χ0v) is 9.14. The second kappa shape index (κ2) is 4.04. The molecule has 0 aromatic heterocycles. The molecule has 0 aliphatic carbocycles. The molecule has 2 rings (SSSR count). The Kier molecular flexibility index (Phi) is 2.83. The van der Waals surface area contributed by atoms with Gasteiger partial charge in [0.25, 0.3) is 5.24 Å². The molecule has 0 fully saturated rings. The fourth-order valence-corrected chi connectivity index (χ4v) is 1.92. The first-order chi connectivity index (χ1) is 7.91. The van der Waals surface area contributed by atoms with Crippen LogP contribution >= 0.6 is 11.6 Å².